The number of hydrogen-bond donors (Lipinski definition) is 0. The standard InChI is InChI=1S/C18H18N4O4/c19-7-5-15(23)20-9-11-21(12-10-20)16(24)6-8-22-17(25)13-3-1-2-4-14(13)18(22)26/h1-4H,5-6,8-12H2. The molecule has 0 unspecified atom stereocenters. The normalized spacial score (nSPS) is 16.5. The third-order valence-electron chi connectivity index (χ3n) is 4.64. The lowest BCUT2D eigenvalue weighted by Crippen LogP contribution is -2.51. The number of carbonyl (C=O) groups excluding carboxylic acids is 4. The van der Waals surface area contributed by atoms with Gasteiger partial charge in [-0.2, -0.15) is 5.26 Å². The number of amides is 4. The fourth-order valence-electron chi connectivity index (χ4n) is 3.19. The van der Waals surface area contributed by atoms with E-state index in [9.17, 15) is 19.2 Å². The van der Waals surface area contributed by atoms with Gasteiger partial charge in [0.15, 0.2) is 0 Å². The van der Waals surface area contributed by atoms with Crippen LogP contribution < -0.4 is 0 Å². The van der Waals surface area contributed by atoms with Gasteiger partial charge in [0.05, 0.1) is 17.2 Å². The Labute approximate surface area is 150 Å². The lowest BCUT2D eigenvalue weighted by atomic mass is 10.1. The molecule has 1 fully saturated rings. The maximum absolute atomic E-state index is 12.4. The van der Waals surface area contributed by atoms with E-state index in [1.807, 2.05) is 6.07 Å². The fraction of sp³-hybridized carbons (Fsp3) is 0.389. The Morgan fingerprint density at radius 3 is 1.92 bits per heavy atom. The van der Waals surface area contributed by atoms with Crippen LogP contribution in [0.25, 0.3) is 0 Å². The summed E-state index contributed by atoms with van der Waals surface area (Å²) >= 11 is 0. The summed E-state index contributed by atoms with van der Waals surface area (Å²) < 4.78 is 0. The van der Waals surface area contributed by atoms with Crippen molar-refractivity contribution < 1.29 is 19.2 Å². The van der Waals surface area contributed by atoms with Crippen LogP contribution in [0.1, 0.15) is 33.6 Å². The van der Waals surface area contributed by atoms with Crippen molar-refractivity contribution >= 4 is 23.6 Å². The van der Waals surface area contributed by atoms with E-state index in [1.165, 1.54) is 0 Å². The molecular weight excluding hydrogens is 336 g/mol. The number of imide groups is 1. The van der Waals surface area contributed by atoms with Crippen LogP contribution in [0, 0.1) is 11.3 Å². The van der Waals surface area contributed by atoms with Gasteiger partial charge in [0.1, 0.15) is 6.42 Å². The van der Waals surface area contributed by atoms with Crippen molar-refractivity contribution in [3.05, 3.63) is 35.4 Å². The molecule has 0 spiro atoms. The highest BCUT2D eigenvalue weighted by Gasteiger charge is 2.35. The first-order chi connectivity index (χ1) is 12.5. The topological polar surface area (TPSA) is 102 Å². The van der Waals surface area contributed by atoms with E-state index < -0.39 is 0 Å². The van der Waals surface area contributed by atoms with Crippen LogP contribution in [0.5, 0.6) is 0 Å². The first-order valence-corrected chi connectivity index (χ1v) is 8.40. The highest BCUT2D eigenvalue weighted by molar-refractivity contribution is 6.21. The second-order valence-corrected chi connectivity index (χ2v) is 6.15. The number of nitriles is 1. The Hall–Kier alpha value is -3.21. The first-order valence-electron chi connectivity index (χ1n) is 8.40. The van der Waals surface area contributed by atoms with Crippen LogP contribution in [0.2, 0.25) is 0 Å². The van der Waals surface area contributed by atoms with Crippen molar-refractivity contribution in [2.24, 2.45) is 0 Å². The summed E-state index contributed by atoms with van der Waals surface area (Å²) in [6.07, 6.45) is -0.106. The Balaban J connectivity index is 1.52. The maximum Gasteiger partial charge on any atom is 0.261 e. The van der Waals surface area contributed by atoms with Gasteiger partial charge >= 0.3 is 0 Å². The van der Waals surface area contributed by atoms with E-state index in [1.54, 1.807) is 34.1 Å². The van der Waals surface area contributed by atoms with E-state index in [0.717, 1.165) is 4.90 Å². The lowest BCUT2D eigenvalue weighted by molar-refractivity contribution is -0.139. The molecule has 4 amide bonds. The number of fused-ring (bicyclic) bond motifs is 1. The zero-order chi connectivity index (χ0) is 18.7. The van der Waals surface area contributed by atoms with Gasteiger partial charge in [-0.1, -0.05) is 12.1 Å². The molecule has 8 heteroatoms. The van der Waals surface area contributed by atoms with Gasteiger partial charge in [-0.25, -0.2) is 0 Å². The van der Waals surface area contributed by atoms with Crippen molar-refractivity contribution in [1.29, 1.82) is 5.26 Å². The first kappa shape index (κ1) is 17.6. The fourth-order valence-corrected chi connectivity index (χ4v) is 3.19. The quantitative estimate of drug-likeness (QED) is 0.722. The summed E-state index contributed by atoms with van der Waals surface area (Å²) in [7, 11) is 0. The van der Waals surface area contributed by atoms with E-state index in [4.69, 9.17) is 5.26 Å². The van der Waals surface area contributed by atoms with Crippen LogP contribution in [0.4, 0.5) is 0 Å². The van der Waals surface area contributed by atoms with Gasteiger partial charge in [0.2, 0.25) is 11.8 Å². The molecule has 1 aromatic carbocycles. The summed E-state index contributed by atoms with van der Waals surface area (Å²) in [6.45, 7) is 1.59. The molecule has 2 aliphatic rings. The second kappa shape index (κ2) is 7.35. The van der Waals surface area contributed by atoms with E-state index in [-0.39, 0.29) is 43.0 Å². The third-order valence-corrected chi connectivity index (χ3v) is 4.64. The largest absolute Gasteiger partial charge is 0.339 e. The molecule has 0 atom stereocenters. The zero-order valence-corrected chi connectivity index (χ0v) is 14.2. The van der Waals surface area contributed by atoms with Crippen LogP contribution in [-0.2, 0) is 9.59 Å². The van der Waals surface area contributed by atoms with Gasteiger partial charge < -0.3 is 9.80 Å². The van der Waals surface area contributed by atoms with Crippen LogP contribution >= 0.6 is 0 Å². The average Bonchev–Trinajstić information content (AvgIpc) is 2.91. The van der Waals surface area contributed by atoms with E-state index >= 15 is 0 Å². The summed E-state index contributed by atoms with van der Waals surface area (Å²) in [5.41, 5.74) is 0.740. The minimum atomic E-state index is -0.370. The minimum Gasteiger partial charge on any atom is -0.339 e. The van der Waals surface area contributed by atoms with Crippen molar-refractivity contribution in [2.75, 3.05) is 32.7 Å². The average molecular weight is 354 g/mol. The summed E-state index contributed by atoms with van der Waals surface area (Å²) in [4.78, 5) is 52.9. The Bertz CT molecular complexity index is 771. The smallest absolute Gasteiger partial charge is 0.261 e. The molecule has 0 saturated carbocycles. The number of rotatable bonds is 4. The molecule has 0 radical (unpaired) electrons. The Kier molecular flexibility index (Phi) is 4.98. The predicted octanol–water partition coefficient (Wildman–Crippen LogP) is 0.257. The molecule has 8 nitrogen and oxygen atoms in total. The molecule has 134 valence electrons. The van der Waals surface area contributed by atoms with Crippen molar-refractivity contribution in [1.82, 2.24) is 14.7 Å². The number of carbonyl (C=O) groups is 4. The van der Waals surface area contributed by atoms with Gasteiger partial charge in [-0.15, -0.1) is 0 Å². The number of piperazine rings is 1. The molecule has 1 aromatic rings. The third kappa shape index (κ3) is 3.28. The predicted molar refractivity (Wildman–Crippen MR) is 89.8 cm³/mol. The van der Waals surface area contributed by atoms with Gasteiger partial charge in [0.25, 0.3) is 11.8 Å². The molecule has 0 aliphatic carbocycles. The molecule has 0 bridgehead atoms. The maximum atomic E-state index is 12.4. The van der Waals surface area contributed by atoms with Crippen molar-refractivity contribution in [3.8, 4) is 6.07 Å². The Morgan fingerprint density at radius 1 is 0.923 bits per heavy atom. The molecular formula is C18H18N4O4. The van der Waals surface area contributed by atoms with Gasteiger partial charge in [0, 0.05) is 39.1 Å². The second-order valence-electron chi connectivity index (χ2n) is 6.15. The molecule has 2 aliphatic heterocycles. The zero-order valence-electron chi connectivity index (χ0n) is 14.2. The minimum absolute atomic E-state index is 0.0404. The van der Waals surface area contributed by atoms with Crippen LogP contribution in [0.15, 0.2) is 24.3 Å². The number of benzene rings is 1. The van der Waals surface area contributed by atoms with Crippen molar-refractivity contribution in [2.45, 2.75) is 12.8 Å². The molecule has 26 heavy (non-hydrogen) atoms. The lowest BCUT2D eigenvalue weighted by Gasteiger charge is -2.34. The number of nitrogens with zero attached hydrogens (tertiary/aromatic N) is 4. The molecule has 0 N–H and O–H groups in total. The SMILES string of the molecule is N#CCC(=O)N1CCN(C(=O)CCN2C(=O)c3ccccc3C2=O)CC1. The van der Waals surface area contributed by atoms with E-state index in [0.29, 0.717) is 37.3 Å². The van der Waals surface area contributed by atoms with Gasteiger partial charge in [-0.05, 0) is 12.1 Å². The highest BCUT2D eigenvalue weighted by Crippen LogP contribution is 2.22. The number of hydrogen-bond acceptors (Lipinski definition) is 5. The Morgan fingerprint density at radius 2 is 1.42 bits per heavy atom. The van der Waals surface area contributed by atoms with Crippen molar-refractivity contribution in [3.63, 3.8) is 0 Å². The van der Waals surface area contributed by atoms with Crippen LogP contribution in [-0.4, -0.2) is 71.1 Å². The molecule has 2 heterocycles. The molecule has 0 aromatic heterocycles. The van der Waals surface area contributed by atoms with Gasteiger partial charge in [-0.3, -0.25) is 24.1 Å². The molecule has 1 saturated heterocycles. The summed E-state index contributed by atoms with van der Waals surface area (Å²) in [5, 5.41) is 8.57. The molecule has 3 rings (SSSR count). The van der Waals surface area contributed by atoms with Crippen LogP contribution in [0.3, 0.4) is 0 Å². The van der Waals surface area contributed by atoms with E-state index in [2.05, 4.69) is 0 Å². The monoisotopic (exact) mass is 354 g/mol. The summed E-state index contributed by atoms with van der Waals surface area (Å²) in [5.74, 6) is -1.13. The highest BCUT2D eigenvalue weighted by atomic mass is 16.2. The summed E-state index contributed by atoms with van der Waals surface area (Å²) in [6, 6.07) is 8.44.